The van der Waals surface area contributed by atoms with Crippen LogP contribution in [0.1, 0.15) is 55.6 Å². The number of carbonyl (C=O) groups is 3. The van der Waals surface area contributed by atoms with Crippen LogP contribution in [-0.4, -0.2) is 53.2 Å². The minimum Gasteiger partial charge on any atom is -0.481 e. The molecule has 0 spiro atoms. The Bertz CT molecular complexity index is 1130. The van der Waals surface area contributed by atoms with Gasteiger partial charge in [0.05, 0.1) is 0 Å². The van der Waals surface area contributed by atoms with Crippen LogP contribution in [0, 0.1) is 0 Å². The minimum absolute atomic E-state index is 0.00453. The normalized spacial score (nSPS) is 20.8. The van der Waals surface area contributed by atoms with Gasteiger partial charge in [-0.3, -0.25) is 9.59 Å². The summed E-state index contributed by atoms with van der Waals surface area (Å²) in [6, 6.07) is 16.2. The standard InChI is InChI=1S/C28H30N2O5/c31-26(32)14-13-20-6-5-15-30(20)27(33)18-11-12-19(16-18)29-28(34)35-17-25-23-9-3-1-7-21(23)22-8-2-4-10-24(22)25/h1-4,7-11,19-20,25H,5-6,12-17H2,(H,29,34)(H,31,32). The fourth-order valence-corrected chi connectivity index (χ4v) is 5.69. The molecule has 3 aliphatic rings. The summed E-state index contributed by atoms with van der Waals surface area (Å²) in [7, 11) is 0. The molecule has 1 heterocycles. The average molecular weight is 475 g/mol. The van der Waals surface area contributed by atoms with Gasteiger partial charge < -0.3 is 20.1 Å². The number of carboxylic acid groups (broad SMARTS) is 1. The summed E-state index contributed by atoms with van der Waals surface area (Å²) in [5.74, 6) is -0.864. The predicted molar refractivity (Wildman–Crippen MR) is 131 cm³/mol. The molecule has 182 valence electrons. The smallest absolute Gasteiger partial charge is 0.407 e. The molecular weight excluding hydrogens is 444 g/mol. The van der Waals surface area contributed by atoms with E-state index in [-0.39, 0.29) is 36.9 Å². The van der Waals surface area contributed by atoms with Crippen molar-refractivity contribution in [1.82, 2.24) is 10.2 Å². The minimum atomic E-state index is -0.836. The maximum Gasteiger partial charge on any atom is 0.407 e. The zero-order valence-corrected chi connectivity index (χ0v) is 19.6. The number of hydrogen-bond acceptors (Lipinski definition) is 4. The third-order valence-electron chi connectivity index (χ3n) is 7.38. The lowest BCUT2D eigenvalue weighted by atomic mass is 9.98. The molecule has 1 aliphatic heterocycles. The zero-order valence-electron chi connectivity index (χ0n) is 19.6. The second-order valence-corrected chi connectivity index (χ2v) is 9.56. The number of benzene rings is 2. The Balaban J connectivity index is 1.13. The van der Waals surface area contributed by atoms with Gasteiger partial charge in [-0.1, -0.05) is 54.6 Å². The molecule has 2 N–H and O–H groups in total. The third-order valence-corrected chi connectivity index (χ3v) is 7.38. The number of hydrogen-bond donors (Lipinski definition) is 2. The summed E-state index contributed by atoms with van der Waals surface area (Å²) in [6.07, 6.45) is 4.75. The maximum absolute atomic E-state index is 13.0. The fraction of sp³-hybridized carbons (Fsp3) is 0.393. The van der Waals surface area contributed by atoms with Crippen molar-refractivity contribution in [2.45, 2.75) is 56.5 Å². The summed E-state index contributed by atoms with van der Waals surface area (Å²) in [6.45, 7) is 0.912. The summed E-state index contributed by atoms with van der Waals surface area (Å²) < 4.78 is 5.64. The van der Waals surface area contributed by atoms with Gasteiger partial charge in [0.25, 0.3) is 0 Å². The van der Waals surface area contributed by atoms with Crippen LogP contribution in [-0.2, 0) is 14.3 Å². The molecule has 1 saturated heterocycles. The number of rotatable bonds is 7. The van der Waals surface area contributed by atoms with Crippen LogP contribution in [0.15, 0.2) is 60.2 Å². The first-order chi connectivity index (χ1) is 17.0. The number of nitrogens with zero attached hydrogens (tertiary/aromatic N) is 1. The van der Waals surface area contributed by atoms with Crippen LogP contribution in [0.25, 0.3) is 11.1 Å². The monoisotopic (exact) mass is 474 g/mol. The molecule has 2 aromatic carbocycles. The molecule has 0 aromatic heterocycles. The molecule has 1 fully saturated rings. The SMILES string of the molecule is O=C(O)CCC1CCCN1C(=O)C1=CCC(NC(=O)OCC2c3ccccc3-c3ccccc32)C1. The predicted octanol–water partition coefficient (Wildman–Crippen LogP) is 4.47. The highest BCUT2D eigenvalue weighted by molar-refractivity contribution is 5.94. The van der Waals surface area contributed by atoms with Crippen molar-refractivity contribution in [3.63, 3.8) is 0 Å². The molecule has 0 radical (unpaired) electrons. The molecule has 35 heavy (non-hydrogen) atoms. The molecule has 2 amide bonds. The van der Waals surface area contributed by atoms with E-state index < -0.39 is 12.1 Å². The fourth-order valence-electron chi connectivity index (χ4n) is 5.69. The van der Waals surface area contributed by atoms with Crippen molar-refractivity contribution in [1.29, 1.82) is 0 Å². The number of likely N-dealkylation sites (tertiary alicyclic amines) is 1. The highest BCUT2D eigenvalue weighted by atomic mass is 16.5. The van der Waals surface area contributed by atoms with Crippen molar-refractivity contribution < 1.29 is 24.2 Å². The van der Waals surface area contributed by atoms with Crippen LogP contribution in [0.2, 0.25) is 0 Å². The summed E-state index contributed by atoms with van der Waals surface area (Å²) in [4.78, 5) is 38.4. The number of fused-ring (bicyclic) bond motifs is 3. The number of ether oxygens (including phenoxy) is 1. The topological polar surface area (TPSA) is 95.9 Å². The van der Waals surface area contributed by atoms with Gasteiger partial charge >= 0.3 is 12.1 Å². The maximum atomic E-state index is 13.0. The second kappa shape index (κ2) is 9.94. The first kappa shape index (κ1) is 23.1. The van der Waals surface area contributed by atoms with E-state index in [1.54, 1.807) is 0 Å². The van der Waals surface area contributed by atoms with Crippen molar-refractivity contribution in [2.24, 2.45) is 0 Å². The number of aliphatic carboxylic acids is 1. The molecular formula is C28H30N2O5. The molecule has 5 rings (SSSR count). The van der Waals surface area contributed by atoms with Crippen LogP contribution < -0.4 is 5.32 Å². The number of carbonyl (C=O) groups excluding carboxylic acids is 2. The molecule has 7 nitrogen and oxygen atoms in total. The summed E-state index contributed by atoms with van der Waals surface area (Å²) >= 11 is 0. The Morgan fingerprint density at radius 3 is 2.40 bits per heavy atom. The van der Waals surface area contributed by atoms with E-state index in [9.17, 15) is 14.4 Å². The highest BCUT2D eigenvalue weighted by Gasteiger charge is 2.34. The van der Waals surface area contributed by atoms with Gasteiger partial charge in [0.15, 0.2) is 0 Å². The van der Waals surface area contributed by atoms with E-state index in [1.807, 2.05) is 35.2 Å². The number of carboxylic acids is 1. The molecule has 0 bridgehead atoms. The van der Waals surface area contributed by atoms with Gasteiger partial charge in [0.1, 0.15) is 6.61 Å². The van der Waals surface area contributed by atoms with Crippen molar-refractivity contribution >= 4 is 18.0 Å². The van der Waals surface area contributed by atoms with Gasteiger partial charge in [-0.05, 0) is 54.4 Å². The van der Waals surface area contributed by atoms with Gasteiger partial charge in [0, 0.05) is 36.5 Å². The summed E-state index contributed by atoms with van der Waals surface area (Å²) in [5, 5.41) is 11.9. The lowest BCUT2D eigenvalue weighted by molar-refractivity contribution is -0.138. The van der Waals surface area contributed by atoms with Gasteiger partial charge in [-0.25, -0.2) is 4.79 Å². The van der Waals surface area contributed by atoms with Crippen molar-refractivity contribution in [3.05, 3.63) is 71.3 Å². The second-order valence-electron chi connectivity index (χ2n) is 9.56. The largest absolute Gasteiger partial charge is 0.481 e. The van der Waals surface area contributed by atoms with Gasteiger partial charge in [-0.15, -0.1) is 0 Å². The Hall–Kier alpha value is -3.61. The van der Waals surface area contributed by atoms with E-state index in [2.05, 4.69) is 29.6 Å². The zero-order chi connectivity index (χ0) is 24.4. The molecule has 0 saturated carbocycles. The van der Waals surface area contributed by atoms with E-state index in [0.29, 0.717) is 31.4 Å². The Morgan fingerprint density at radius 2 is 1.71 bits per heavy atom. The molecule has 2 atom stereocenters. The molecule has 2 aliphatic carbocycles. The van der Waals surface area contributed by atoms with Gasteiger partial charge in [-0.2, -0.15) is 0 Å². The number of amides is 2. The number of nitrogens with one attached hydrogen (secondary N) is 1. The molecule has 2 aromatic rings. The Kier molecular flexibility index (Phi) is 6.57. The van der Waals surface area contributed by atoms with Crippen LogP contribution in [0.5, 0.6) is 0 Å². The van der Waals surface area contributed by atoms with Crippen LogP contribution in [0.3, 0.4) is 0 Å². The van der Waals surface area contributed by atoms with Crippen LogP contribution >= 0.6 is 0 Å². The van der Waals surface area contributed by atoms with Crippen molar-refractivity contribution in [2.75, 3.05) is 13.2 Å². The Labute approximate surface area is 204 Å². The third kappa shape index (κ3) is 4.81. The van der Waals surface area contributed by atoms with Crippen molar-refractivity contribution in [3.8, 4) is 11.1 Å². The van der Waals surface area contributed by atoms with E-state index in [4.69, 9.17) is 9.84 Å². The first-order valence-corrected chi connectivity index (χ1v) is 12.3. The lowest BCUT2D eigenvalue weighted by Crippen LogP contribution is -2.38. The highest BCUT2D eigenvalue weighted by Crippen LogP contribution is 2.44. The van der Waals surface area contributed by atoms with E-state index in [1.165, 1.54) is 22.3 Å². The van der Waals surface area contributed by atoms with Gasteiger partial charge in [0.2, 0.25) is 5.91 Å². The average Bonchev–Trinajstić information content (AvgIpc) is 3.59. The van der Waals surface area contributed by atoms with E-state index >= 15 is 0 Å². The first-order valence-electron chi connectivity index (χ1n) is 12.3. The number of alkyl carbamates (subject to hydrolysis) is 1. The quantitative estimate of drug-likeness (QED) is 0.617. The van der Waals surface area contributed by atoms with E-state index in [0.717, 1.165) is 12.8 Å². The molecule has 2 unspecified atom stereocenters. The summed E-state index contributed by atoms with van der Waals surface area (Å²) in [5.41, 5.74) is 5.39. The lowest BCUT2D eigenvalue weighted by Gasteiger charge is -2.25. The Morgan fingerprint density at radius 1 is 1.03 bits per heavy atom. The molecule has 7 heteroatoms. The van der Waals surface area contributed by atoms with Crippen LogP contribution in [0.4, 0.5) is 4.79 Å².